The number of halogens is 4. The van der Waals surface area contributed by atoms with Gasteiger partial charge in [0, 0.05) is 17.7 Å². The number of nitrogens with zero attached hydrogens (tertiary/aromatic N) is 1. The summed E-state index contributed by atoms with van der Waals surface area (Å²) in [5.74, 6) is -1.44. The van der Waals surface area contributed by atoms with E-state index in [0.717, 1.165) is 6.07 Å². The normalized spacial score (nSPS) is 18.1. The van der Waals surface area contributed by atoms with Gasteiger partial charge in [-0.05, 0) is 31.0 Å². The van der Waals surface area contributed by atoms with E-state index in [1.165, 1.54) is 18.2 Å². The minimum Gasteiger partial charge on any atom is -0.451 e. The van der Waals surface area contributed by atoms with E-state index in [1.54, 1.807) is 0 Å². The molecule has 0 spiro atoms. The van der Waals surface area contributed by atoms with Crippen molar-refractivity contribution < 1.29 is 27.1 Å². The van der Waals surface area contributed by atoms with Gasteiger partial charge in [0.1, 0.15) is 12.1 Å². The van der Waals surface area contributed by atoms with Crippen LogP contribution in [0.2, 0.25) is 5.02 Å². The van der Waals surface area contributed by atoms with Crippen LogP contribution in [0.25, 0.3) is 11.0 Å². The number of rotatable bonds is 3. The van der Waals surface area contributed by atoms with Crippen LogP contribution in [0.1, 0.15) is 23.4 Å². The molecular formula is C17H15ClF3NO4. The first kappa shape index (κ1) is 18.7. The zero-order valence-electron chi connectivity index (χ0n) is 13.5. The van der Waals surface area contributed by atoms with E-state index in [-0.39, 0.29) is 17.6 Å². The average Bonchev–Trinajstić information content (AvgIpc) is 2.59. The van der Waals surface area contributed by atoms with Crippen LogP contribution in [0.3, 0.4) is 0 Å². The first-order valence-electron chi connectivity index (χ1n) is 7.93. The average molecular weight is 390 g/mol. The molecule has 1 atom stereocenters. The molecule has 2 heterocycles. The van der Waals surface area contributed by atoms with Crippen molar-refractivity contribution in [2.24, 2.45) is 0 Å². The minimum atomic E-state index is -4.59. The highest BCUT2D eigenvalue weighted by Gasteiger charge is 2.38. The largest absolute Gasteiger partial charge is 0.451 e. The monoisotopic (exact) mass is 389 g/mol. The molecule has 140 valence electrons. The highest BCUT2D eigenvalue weighted by atomic mass is 35.5. The predicted molar refractivity (Wildman–Crippen MR) is 88.4 cm³/mol. The second-order valence-corrected chi connectivity index (χ2v) is 6.47. The number of carbonyl (C=O) groups is 1. The summed E-state index contributed by atoms with van der Waals surface area (Å²) >= 11 is 5.82. The van der Waals surface area contributed by atoms with Crippen molar-refractivity contribution in [1.29, 1.82) is 0 Å². The van der Waals surface area contributed by atoms with Crippen molar-refractivity contribution >= 4 is 28.5 Å². The summed E-state index contributed by atoms with van der Waals surface area (Å²) in [5.41, 5.74) is -0.471. The van der Waals surface area contributed by atoms with Crippen LogP contribution in [0.4, 0.5) is 13.2 Å². The van der Waals surface area contributed by atoms with E-state index >= 15 is 0 Å². The van der Waals surface area contributed by atoms with Gasteiger partial charge in [0.05, 0.1) is 18.0 Å². The van der Waals surface area contributed by atoms with E-state index in [4.69, 9.17) is 20.8 Å². The fraction of sp³-hybridized carbons (Fsp3) is 0.412. The molecule has 1 aliphatic heterocycles. The molecule has 2 aromatic rings. The predicted octanol–water partition coefficient (Wildman–Crippen LogP) is 3.63. The van der Waals surface area contributed by atoms with Gasteiger partial charge in [0.15, 0.2) is 11.2 Å². The van der Waals surface area contributed by atoms with E-state index in [2.05, 4.69) is 0 Å². The molecule has 1 unspecified atom stereocenters. The fourth-order valence-corrected chi connectivity index (χ4v) is 3.08. The third-order valence-corrected chi connectivity index (χ3v) is 4.32. The highest BCUT2D eigenvalue weighted by Crippen LogP contribution is 2.24. The van der Waals surface area contributed by atoms with Gasteiger partial charge in [-0.15, -0.1) is 0 Å². The van der Waals surface area contributed by atoms with Gasteiger partial charge >= 0.3 is 6.18 Å². The van der Waals surface area contributed by atoms with Crippen LogP contribution < -0.4 is 5.43 Å². The maximum Gasteiger partial charge on any atom is 0.406 e. The lowest BCUT2D eigenvalue weighted by atomic mass is 10.1. The molecule has 0 aliphatic carbocycles. The maximum absolute atomic E-state index is 13.0. The van der Waals surface area contributed by atoms with Crippen molar-refractivity contribution in [2.75, 3.05) is 19.8 Å². The first-order valence-corrected chi connectivity index (χ1v) is 8.31. The molecule has 1 aromatic carbocycles. The third-order valence-electron chi connectivity index (χ3n) is 4.09. The Labute approximate surface area is 151 Å². The highest BCUT2D eigenvalue weighted by molar-refractivity contribution is 6.31. The summed E-state index contributed by atoms with van der Waals surface area (Å²) in [7, 11) is 0. The Hall–Kier alpha value is -2.06. The van der Waals surface area contributed by atoms with Gasteiger partial charge in [-0.25, -0.2) is 0 Å². The molecule has 1 amide bonds. The molecule has 0 bridgehead atoms. The van der Waals surface area contributed by atoms with Gasteiger partial charge in [-0.3, -0.25) is 9.59 Å². The zero-order valence-corrected chi connectivity index (χ0v) is 14.3. The SMILES string of the molecule is O=C(c1cc(=O)c2cc(Cl)ccc2o1)N(CC(F)(F)F)C1CCCOC1. The standard InChI is InChI=1S/C17H15ClF3NO4/c18-10-3-4-14-12(6-10)13(23)7-15(26-14)16(24)22(9-17(19,20)21)11-2-1-5-25-8-11/h3-4,6-7,11H,1-2,5,8-9H2. The molecule has 26 heavy (non-hydrogen) atoms. The summed E-state index contributed by atoms with van der Waals surface area (Å²) in [4.78, 5) is 25.6. The zero-order chi connectivity index (χ0) is 18.9. The molecular weight excluding hydrogens is 375 g/mol. The summed E-state index contributed by atoms with van der Waals surface area (Å²) in [6.45, 7) is -0.992. The smallest absolute Gasteiger partial charge is 0.406 e. The number of hydrogen-bond donors (Lipinski definition) is 0. The fourth-order valence-electron chi connectivity index (χ4n) is 2.90. The van der Waals surface area contributed by atoms with Crippen molar-refractivity contribution in [3.05, 3.63) is 45.3 Å². The van der Waals surface area contributed by atoms with Crippen molar-refractivity contribution in [3.8, 4) is 0 Å². The summed E-state index contributed by atoms with van der Waals surface area (Å²) in [6, 6.07) is 4.40. The van der Waals surface area contributed by atoms with Crippen molar-refractivity contribution in [2.45, 2.75) is 25.1 Å². The number of fused-ring (bicyclic) bond motifs is 1. The van der Waals surface area contributed by atoms with Crippen molar-refractivity contribution in [1.82, 2.24) is 4.90 Å². The number of benzene rings is 1. The lowest BCUT2D eigenvalue weighted by molar-refractivity contribution is -0.149. The molecule has 9 heteroatoms. The molecule has 1 fully saturated rings. The lowest BCUT2D eigenvalue weighted by Crippen LogP contribution is -2.49. The third kappa shape index (κ3) is 4.19. The Morgan fingerprint density at radius 1 is 1.31 bits per heavy atom. The number of hydrogen-bond acceptors (Lipinski definition) is 4. The molecule has 1 aliphatic rings. The Morgan fingerprint density at radius 3 is 2.73 bits per heavy atom. The van der Waals surface area contributed by atoms with E-state index in [0.29, 0.717) is 29.4 Å². The molecule has 5 nitrogen and oxygen atoms in total. The van der Waals surface area contributed by atoms with Crippen LogP contribution in [0, 0.1) is 0 Å². The number of ether oxygens (including phenoxy) is 1. The molecule has 0 saturated carbocycles. The van der Waals surface area contributed by atoms with Crippen LogP contribution in [-0.2, 0) is 4.74 Å². The molecule has 0 radical (unpaired) electrons. The molecule has 1 aromatic heterocycles. The maximum atomic E-state index is 13.0. The lowest BCUT2D eigenvalue weighted by Gasteiger charge is -2.34. The van der Waals surface area contributed by atoms with Crippen LogP contribution in [0.5, 0.6) is 0 Å². The quantitative estimate of drug-likeness (QED) is 0.804. The van der Waals surface area contributed by atoms with E-state index in [9.17, 15) is 22.8 Å². The Kier molecular flexibility index (Phi) is 5.24. The Morgan fingerprint density at radius 2 is 2.08 bits per heavy atom. The van der Waals surface area contributed by atoms with Crippen LogP contribution in [0.15, 0.2) is 33.5 Å². The van der Waals surface area contributed by atoms with Gasteiger partial charge in [0.25, 0.3) is 5.91 Å². The van der Waals surface area contributed by atoms with Crippen LogP contribution >= 0.6 is 11.6 Å². The van der Waals surface area contributed by atoms with Gasteiger partial charge in [-0.2, -0.15) is 13.2 Å². The Balaban J connectivity index is 1.99. The van der Waals surface area contributed by atoms with E-state index < -0.39 is 35.9 Å². The van der Waals surface area contributed by atoms with Gasteiger partial charge in [0.2, 0.25) is 0 Å². The molecule has 1 saturated heterocycles. The summed E-state index contributed by atoms with van der Waals surface area (Å²) in [6.07, 6.45) is -3.65. The number of alkyl halides is 3. The van der Waals surface area contributed by atoms with Crippen molar-refractivity contribution in [3.63, 3.8) is 0 Å². The minimum absolute atomic E-state index is 0.00917. The molecule has 0 N–H and O–H groups in total. The van der Waals surface area contributed by atoms with Gasteiger partial charge < -0.3 is 14.1 Å². The number of amides is 1. The summed E-state index contributed by atoms with van der Waals surface area (Å²) in [5, 5.41) is 0.458. The number of carbonyl (C=O) groups excluding carboxylic acids is 1. The second kappa shape index (κ2) is 7.28. The van der Waals surface area contributed by atoms with Gasteiger partial charge in [-0.1, -0.05) is 11.6 Å². The topological polar surface area (TPSA) is 59.8 Å². The second-order valence-electron chi connectivity index (χ2n) is 6.03. The van der Waals surface area contributed by atoms with E-state index in [1.807, 2.05) is 0 Å². The first-order chi connectivity index (χ1) is 12.2. The summed E-state index contributed by atoms with van der Waals surface area (Å²) < 4.78 is 49.5. The molecule has 3 rings (SSSR count). The van der Waals surface area contributed by atoms with Crippen LogP contribution in [-0.4, -0.2) is 42.8 Å². The Bertz CT molecular complexity index is 874.